The van der Waals surface area contributed by atoms with Crippen molar-refractivity contribution in [2.75, 3.05) is 19.8 Å². The van der Waals surface area contributed by atoms with Crippen LogP contribution in [0.4, 0.5) is 4.79 Å². The number of carboxylic acids is 1. The van der Waals surface area contributed by atoms with Crippen molar-refractivity contribution < 1.29 is 19.4 Å². The number of rotatable bonds is 7. The summed E-state index contributed by atoms with van der Waals surface area (Å²) in [4.78, 5) is 21.2. The van der Waals surface area contributed by atoms with Gasteiger partial charge in [-0.05, 0) is 13.3 Å². The Kier molecular flexibility index (Phi) is 7.35. The third-order valence-corrected chi connectivity index (χ3v) is 1.75. The Morgan fingerprint density at radius 2 is 2.13 bits per heavy atom. The molecule has 0 fully saturated rings. The fourth-order valence-corrected chi connectivity index (χ4v) is 0.773. The van der Waals surface area contributed by atoms with Crippen LogP contribution in [0.3, 0.4) is 0 Å². The van der Waals surface area contributed by atoms with Crippen LogP contribution in [-0.4, -0.2) is 42.9 Å². The van der Waals surface area contributed by atoms with E-state index in [9.17, 15) is 9.59 Å². The average Bonchev–Trinajstić information content (AvgIpc) is 2.16. The molecule has 0 aromatic carbocycles. The molecular formula is C9H18N2O4. The van der Waals surface area contributed by atoms with Crippen LogP contribution in [0.5, 0.6) is 0 Å². The summed E-state index contributed by atoms with van der Waals surface area (Å²) in [6, 6.07) is -0.131. The van der Waals surface area contributed by atoms with Crippen LogP contribution in [0.1, 0.15) is 20.3 Å². The van der Waals surface area contributed by atoms with Crippen molar-refractivity contribution in [3.8, 4) is 0 Å². The molecule has 6 heteroatoms. The molecule has 1 atom stereocenters. The molecule has 15 heavy (non-hydrogen) atoms. The maximum absolute atomic E-state index is 11.1. The van der Waals surface area contributed by atoms with E-state index in [0.29, 0.717) is 6.54 Å². The van der Waals surface area contributed by atoms with E-state index in [1.165, 1.54) is 0 Å². The number of amides is 2. The minimum atomic E-state index is -1.01. The lowest BCUT2D eigenvalue weighted by Crippen LogP contribution is -2.41. The van der Waals surface area contributed by atoms with E-state index in [1.807, 2.05) is 13.8 Å². The largest absolute Gasteiger partial charge is 0.480 e. The summed E-state index contributed by atoms with van der Waals surface area (Å²) >= 11 is 0. The van der Waals surface area contributed by atoms with E-state index in [0.717, 1.165) is 6.42 Å². The maximum atomic E-state index is 11.1. The van der Waals surface area contributed by atoms with Crippen molar-refractivity contribution in [2.24, 2.45) is 0 Å². The van der Waals surface area contributed by atoms with Gasteiger partial charge in [-0.3, -0.25) is 0 Å². The fraction of sp³-hybridized carbons (Fsp3) is 0.778. The Bertz CT molecular complexity index is 208. The van der Waals surface area contributed by atoms with Gasteiger partial charge in [0.1, 0.15) is 6.61 Å². The lowest BCUT2D eigenvalue weighted by atomic mass is 10.3. The van der Waals surface area contributed by atoms with Crippen LogP contribution in [0, 0.1) is 0 Å². The van der Waals surface area contributed by atoms with Crippen LogP contribution in [0.2, 0.25) is 0 Å². The van der Waals surface area contributed by atoms with Crippen LogP contribution >= 0.6 is 0 Å². The molecule has 0 radical (unpaired) electrons. The van der Waals surface area contributed by atoms with Crippen molar-refractivity contribution >= 4 is 12.0 Å². The highest BCUT2D eigenvalue weighted by Crippen LogP contribution is 1.86. The molecule has 0 rings (SSSR count). The Balaban J connectivity index is 3.35. The second kappa shape index (κ2) is 8.05. The summed E-state index contributed by atoms with van der Waals surface area (Å²) in [5.41, 5.74) is 0. The van der Waals surface area contributed by atoms with Gasteiger partial charge in [0.05, 0.1) is 6.61 Å². The molecule has 0 bridgehead atoms. The topological polar surface area (TPSA) is 87.7 Å². The zero-order valence-corrected chi connectivity index (χ0v) is 9.08. The molecule has 0 saturated heterocycles. The highest BCUT2D eigenvalue weighted by Gasteiger charge is 2.03. The first-order chi connectivity index (χ1) is 7.06. The molecule has 0 aliphatic carbocycles. The van der Waals surface area contributed by atoms with Gasteiger partial charge in [-0.25, -0.2) is 9.59 Å². The minimum absolute atomic E-state index is 0.130. The first-order valence-corrected chi connectivity index (χ1v) is 4.90. The van der Waals surface area contributed by atoms with E-state index in [1.54, 1.807) is 0 Å². The predicted octanol–water partition coefficient (Wildman–Crippen LogP) is 0.185. The zero-order valence-electron chi connectivity index (χ0n) is 9.08. The van der Waals surface area contributed by atoms with Gasteiger partial charge >= 0.3 is 12.0 Å². The van der Waals surface area contributed by atoms with Gasteiger partial charge in [-0.1, -0.05) is 6.92 Å². The lowest BCUT2D eigenvalue weighted by molar-refractivity contribution is -0.142. The van der Waals surface area contributed by atoms with Crippen molar-refractivity contribution in [1.29, 1.82) is 0 Å². The molecule has 3 N–H and O–H groups in total. The SMILES string of the molecule is CCC(C)NC(=O)NCCOCC(=O)O. The second-order valence-corrected chi connectivity index (χ2v) is 3.16. The Hall–Kier alpha value is -1.30. The fourth-order valence-electron chi connectivity index (χ4n) is 0.773. The smallest absolute Gasteiger partial charge is 0.329 e. The predicted molar refractivity (Wildman–Crippen MR) is 54.7 cm³/mol. The molecule has 1 unspecified atom stereocenters. The number of aliphatic carboxylic acids is 1. The summed E-state index contributed by atoms with van der Waals surface area (Å²) in [5, 5.41) is 13.5. The maximum Gasteiger partial charge on any atom is 0.329 e. The number of carbonyl (C=O) groups excluding carboxylic acids is 1. The number of carbonyl (C=O) groups is 2. The number of hydrogen-bond donors (Lipinski definition) is 3. The van der Waals surface area contributed by atoms with Gasteiger partial charge in [0.25, 0.3) is 0 Å². The summed E-state index contributed by atoms with van der Waals surface area (Å²) in [7, 11) is 0. The molecular weight excluding hydrogens is 200 g/mol. The van der Waals surface area contributed by atoms with Gasteiger partial charge in [-0.15, -0.1) is 0 Å². The molecule has 0 saturated carbocycles. The highest BCUT2D eigenvalue weighted by molar-refractivity contribution is 5.74. The standard InChI is InChI=1S/C9H18N2O4/c1-3-7(2)11-9(14)10-4-5-15-6-8(12)13/h7H,3-6H2,1-2H3,(H,12,13)(H2,10,11,14). The highest BCUT2D eigenvalue weighted by atomic mass is 16.5. The average molecular weight is 218 g/mol. The van der Waals surface area contributed by atoms with E-state index in [2.05, 4.69) is 10.6 Å². The van der Waals surface area contributed by atoms with Gasteiger partial charge < -0.3 is 20.5 Å². The number of nitrogens with one attached hydrogen (secondary N) is 2. The van der Waals surface area contributed by atoms with E-state index in [-0.39, 0.29) is 25.3 Å². The van der Waals surface area contributed by atoms with Crippen LogP contribution in [-0.2, 0) is 9.53 Å². The third kappa shape index (κ3) is 9.01. The molecule has 2 amide bonds. The summed E-state index contributed by atoms with van der Waals surface area (Å²) in [5.74, 6) is -1.01. The minimum Gasteiger partial charge on any atom is -0.480 e. The van der Waals surface area contributed by atoms with Crippen LogP contribution < -0.4 is 10.6 Å². The van der Waals surface area contributed by atoms with Crippen LogP contribution in [0.15, 0.2) is 0 Å². The molecule has 0 spiro atoms. The Labute approximate surface area is 89.0 Å². The lowest BCUT2D eigenvalue weighted by Gasteiger charge is -2.12. The Morgan fingerprint density at radius 3 is 2.67 bits per heavy atom. The summed E-state index contributed by atoms with van der Waals surface area (Å²) in [6.07, 6.45) is 0.864. The molecule has 0 heterocycles. The Morgan fingerprint density at radius 1 is 1.47 bits per heavy atom. The number of hydrogen-bond acceptors (Lipinski definition) is 3. The number of carboxylic acid groups (broad SMARTS) is 1. The number of ether oxygens (including phenoxy) is 1. The zero-order chi connectivity index (χ0) is 11.7. The molecule has 0 aliphatic heterocycles. The van der Waals surface area contributed by atoms with Crippen molar-refractivity contribution in [3.63, 3.8) is 0 Å². The van der Waals surface area contributed by atoms with E-state index >= 15 is 0 Å². The van der Waals surface area contributed by atoms with Gasteiger partial charge in [0, 0.05) is 12.6 Å². The summed E-state index contributed by atoms with van der Waals surface area (Å²) < 4.78 is 4.73. The first-order valence-electron chi connectivity index (χ1n) is 4.90. The van der Waals surface area contributed by atoms with Gasteiger partial charge in [0.15, 0.2) is 0 Å². The molecule has 0 aliphatic rings. The van der Waals surface area contributed by atoms with Gasteiger partial charge in [0.2, 0.25) is 0 Å². The van der Waals surface area contributed by atoms with Gasteiger partial charge in [-0.2, -0.15) is 0 Å². The molecule has 88 valence electrons. The van der Waals surface area contributed by atoms with Crippen molar-refractivity contribution in [2.45, 2.75) is 26.3 Å². The van der Waals surface area contributed by atoms with E-state index in [4.69, 9.17) is 9.84 Å². The normalized spacial score (nSPS) is 11.9. The molecule has 0 aromatic heterocycles. The van der Waals surface area contributed by atoms with Crippen molar-refractivity contribution in [1.82, 2.24) is 10.6 Å². The third-order valence-electron chi connectivity index (χ3n) is 1.75. The van der Waals surface area contributed by atoms with Crippen LogP contribution in [0.25, 0.3) is 0 Å². The molecule has 6 nitrogen and oxygen atoms in total. The van der Waals surface area contributed by atoms with Crippen molar-refractivity contribution in [3.05, 3.63) is 0 Å². The monoisotopic (exact) mass is 218 g/mol. The quantitative estimate of drug-likeness (QED) is 0.532. The van der Waals surface area contributed by atoms with E-state index < -0.39 is 5.97 Å². The number of urea groups is 1. The second-order valence-electron chi connectivity index (χ2n) is 3.16. The first kappa shape index (κ1) is 13.7. The molecule has 0 aromatic rings. The summed E-state index contributed by atoms with van der Waals surface area (Å²) in [6.45, 7) is 4.03.